The van der Waals surface area contributed by atoms with Gasteiger partial charge in [0, 0.05) is 19.5 Å². The lowest BCUT2D eigenvalue weighted by atomic mass is 10.1. The highest BCUT2D eigenvalue weighted by atomic mass is 35.5. The highest BCUT2D eigenvalue weighted by Gasteiger charge is 2.04. The molecule has 0 aromatic heterocycles. The summed E-state index contributed by atoms with van der Waals surface area (Å²) < 4.78 is 4.61. The van der Waals surface area contributed by atoms with Gasteiger partial charge in [-0.25, -0.2) is 4.79 Å². The molecule has 3 N–H and O–H groups in total. The summed E-state index contributed by atoms with van der Waals surface area (Å²) in [6, 6.07) is 7.12. The zero-order valence-electron chi connectivity index (χ0n) is 10.8. The summed E-state index contributed by atoms with van der Waals surface area (Å²) in [5.74, 6) is -0.388. The summed E-state index contributed by atoms with van der Waals surface area (Å²) in [6.07, 6.45) is 1.07. The van der Waals surface area contributed by atoms with Crippen LogP contribution in [0.2, 0.25) is 0 Å². The Morgan fingerprint density at radius 2 is 1.89 bits per heavy atom. The van der Waals surface area contributed by atoms with Gasteiger partial charge in [-0.2, -0.15) is 0 Å². The minimum atomic E-state index is -0.349. The van der Waals surface area contributed by atoms with Gasteiger partial charge in [-0.15, -0.1) is 12.4 Å². The Labute approximate surface area is 118 Å². The number of methoxy groups -OCH3 is 1. The summed E-state index contributed by atoms with van der Waals surface area (Å²) in [7, 11) is 1.35. The van der Waals surface area contributed by atoms with Crippen molar-refractivity contribution in [2.24, 2.45) is 5.73 Å². The van der Waals surface area contributed by atoms with Crippen LogP contribution in [0.4, 0.5) is 0 Å². The molecule has 0 unspecified atom stereocenters. The van der Waals surface area contributed by atoms with Crippen LogP contribution in [0.15, 0.2) is 24.3 Å². The van der Waals surface area contributed by atoms with Crippen LogP contribution in [0.5, 0.6) is 0 Å². The van der Waals surface area contributed by atoms with Gasteiger partial charge in [0.25, 0.3) is 0 Å². The Morgan fingerprint density at radius 1 is 1.26 bits per heavy atom. The van der Waals surface area contributed by atoms with E-state index in [4.69, 9.17) is 5.73 Å². The molecule has 1 aromatic carbocycles. The van der Waals surface area contributed by atoms with Gasteiger partial charge in [0.05, 0.1) is 12.7 Å². The average molecular weight is 287 g/mol. The highest BCUT2D eigenvalue weighted by Crippen LogP contribution is 2.06. The van der Waals surface area contributed by atoms with Crippen molar-refractivity contribution in [2.75, 3.05) is 20.2 Å². The van der Waals surface area contributed by atoms with Gasteiger partial charge in [-0.3, -0.25) is 4.79 Å². The van der Waals surface area contributed by atoms with E-state index >= 15 is 0 Å². The number of carbonyl (C=O) groups is 2. The molecule has 19 heavy (non-hydrogen) atoms. The van der Waals surface area contributed by atoms with Crippen LogP contribution < -0.4 is 11.1 Å². The number of ether oxygens (including phenoxy) is 1. The Bertz CT molecular complexity index is 407. The first-order valence-electron chi connectivity index (χ1n) is 5.81. The van der Waals surface area contributed by atoms with Gasteiger partial charge in [-0.05, 0) is 24.1 Å². The summed E-state index contributed by atoms with van der Waals surface area (Å²) in [5, 5.41) is 2.77. The van der Waals surface area contributed by atoms with E-state index in [1.807, 2.05) is 12.1 Å². The highest BCUT2D eigenvalue weighted by molar-refractivity contribution is 5.89. The predicted molar refractivity (Wildman–Crippen MR) is 75.4 cm³/mol. The largest absolute Gasteiger partial charge is 0.465 e. The van der Waals surface area contributed by atoms with Crippen molar-refractivity contribution >= 4 is 24.3 Å². The lowest BCUT2D eigenvalue weighted by Crippen LogP contribution is -2.27. The molecule has 0 heterocycles. The first-order valence-corrected chi connectivity index (χ1v) is 5.81. The van der Waals surface area contributed by atoms with Crippen molar-refractivity contribution in [2.45, 2.75) is 12.8 Å². The maximum Gasteiger partial charge on any atom is 0.337 e. The van der Waals surface area contributed by atoms with Crippen molar-refractivity contribution < 1.29 is 14.3 Å². The van der Waals surface area contributed by atoms with Gasteiger partial charge >= 0.3 is 5.97 Å². The molecule has 106 valence electrons. The second-order valence-corrected chi connectivity index (χ2v) is 3.83. The van der Waals surface area contributed by atoms with Crippen molar-refractivity contribution in [3.05, 3.63) is 35.4 Å². The monoisotopic (exact) mass is 286 g/mol. The molecule has 0 fully saturated rings. The van der Waals surface area contributed by atoms with Gasteiger partial charge in [-0.1, -0.05) is 12.1 Å². The van der Waals surface area contributed by atoms with Crippen LogP contribution in [-0.4, -0.2) is 32.1 Å². The number of hydrogen-bond acceptors (Lipinski definition) is 4. The fourth-order valence-electron chi connectivity index (χ4n) is 1.49. The Balaban J connectivity index is 0.00000324. The van der Waals surface area contributed by atoms with E-state index in [1.54, 1.807) is 12.1 Å². The van der Waals surface area contributed by atoms with Crippen LogP contribution >= 0.6 is 12.4 Å². The molecular formula is C13H19ClN2O3. The normalized spacial score (nSPS) is 9.37. The summed E-state index contributed by atoms with van der Waals surface area (Å²) in [4.78, 5) is 22.4. The predicted octanol–water partition coefficient (Wildman–Crippen LogP) is 0.903. The van der Waals surface area contributed by atoms with E-state index in [-0.39, 0.29) is 24.3 Å². The van der Waals surface area contributed by atoms with E-state index in [0.29, 0.717) is 25.1 Å². The molecular weight excluding hydrogens is 268 g/mol. The van der Waals surface area contributed by atoms with Gasteiger partial charge in [0.15, 0.2) is 0 Å². The quantitative estimate of drug-likeness (QED) is 0.762. The van der Waals surface area contributed by atoms with Crippen molar-refractivity contribution in [3.63, 3.8) is 0 Å². The molecule has 1 aromatic rings. The molecule has 1 amide bonds. The maximum absolute atomic E-state index is 11.2. The van der Waals surface area contributed by atoms with Crippen LogP contribution in [0.25, 0.3) is 0 Å². The molecule has 0 aliphatic carbocycles. The first-order chi connectivity index (χ1) is 8.67. The molecule has 0 saturated heterocycles. The third kappa shape index (κ3) is 6.22. The van der Waals surface area contributed by atoms with Crippen molar-refractivity contribution in [1.82, 2.24) is 5.32 Å². The molecule has 0 spiro atoms. The Kier molecular flexibility index (Phi) is 8.57. The fourth-order valence-corrected chi connectivity index (χ4v) is 1.49. The lowest BCUT2D eigenvalue weighted by Gasteiger charge is -2.05. The van der Waals surface area contributed by atoms with Gasteiger partial charge in [0.2, 0.25) is 5.91 Å². The number of carbonyl (C=O) groups excluding carboxylic acids is 2. The molecule has 0 aliphatic heterocycles. The summed E-state index contributed by atoms with van der Waals surface area (Å²) in [6.45, 7) is 0.927. The number of halogens is 1. The van der Waals surface area contributed by atoms with Crippen LogP contribution in [-0.2, 0) is 16.0 Å². The van der Waals surface area contributed by atoms with E-state index < -0.39 is 0 Å². The van der Waals surface area contributed by atoms with Gasteiger partial charge in [0.1, 0.15) is 0 Å². The topological polar surface area (TPSA) is 81.4 Å². The van der Waals surface area contributed by atoms with Crippen LogP contribution in [0, 0.1) is 0 Å². The molecule has 0 atom stereocenters. The lowest BCUT2D eigenvalue weighted by molar-refractivity contribution is -0.120. The number of amides is 1. The van der Waals surface area contributed by atoms with Crippen molar-refractivity contribution in [1.29, 1.82) is 0 Å². The number of benzene rings is 1. The number of hydrogen-bond donors (Lipinski definition) is 2. The Hall–Kier alpha value is -1.59. The molecule has 6 heteroatoms. The molecule has 0 bridgehead atoms. The number of rotatable bonds is 6. The summed E-state index contributed by atoms with van der Waals surface area (Å²) in [5.41, 5.74) is 6.84. The number of nitrogens with one attached hydrogen (secondary N) is 1. The van der Waals surface area contributed by atoms with E-state index in [0.717, 1.165) is 12.0 Å². The smallest absolute Gasteiger partial charge is 0.337 e. The third-order valence-corrected chi connectivity index (χ3v) is 2.48. The first kappa shape index (κ1) is 17.4. The molecule has 0 radical (unpaired) electrons. The van der Waals surface area contributed by atoms with Crippen LogP contribution in [0.1, 0.15) is 22.3 Å². The average Bonchev–Trinajstić information content (AvgIpc) is 2.39. The fraction of sp³-hybridized carbons (Fsp3) is 0.385. The van der Waals surface area contributed by atoms with E-state index in [1.165, 1.54) is 7.11 Å². The standard InChI is InChI=1S/C13H18N2O3.ClH/c1-18-13(17)11-4-2-10(3-5-11)7-9-15-12(16)6-8-14;/h2-5H,6-9,14H2,1H3,(H,15,16);1H. The second-order valence-electron chi connectivity index (χ2n) is 3.83. The number of nitrogens with two attached hydrogens (primary N) is 1. The van der Waals surface area contributed by atoms with Crippen molar-refractivity contribution in [3.8, 4) is 0 Å². The SMILES string of the molecule is COC(=O)c1ccc(CCNC(=O)CCN)cc1.Cl. The Morgan fingerprint density at radius 3 is 2.42 bits per heavy atom. The molecule has 5 nitrogen and oxygen atoms in total. The zero-order valence-corrected chi connectivity index (χ0v) is 11.7. The third-order valence-electron chi connectivity index (χ3n) is 2.48. The maximum atomic E-state index is 11.2. The second kappa shape index (κ2) is 9.35. The number of esters is 1. The minimum absolute atomic E-state index is 0. The van der Waals surface area contributed by atoms with E-state index in [9.17, 15) is 9.59 Å². The minimum Gasteiger partial charge on any atom is -0.465 e. The van der Waals surface area contributed by atoms with Crippen LogP contribution in [0.3, 0.4) is 0 Å². The zero-order chi connectivity index (χ0) is 13.4. The van der Waals surface area contributed by atoms with E-state index in [2.05, 4.69) is 10.1 Å². The molecule has 0 aliphatic rings. The summed E-state index contributed by atoms with van der Waals surface area (Å²) >= 11 is 0. The van der Waals surface area contributed by atoms with Gasteiger partial charge < -0.3 is 15.8 Å². The molecule has 1 rings (SSSR count). The molecule has 0 saturated carbocycles.